The topological polar surface area (TPSA) is 58.6 Å². The molecule has 30 heavy (non-hydrogen) atoms. The van der Waals surface area contributed by atoms with Crippen molar-refractivity contribution in [1.82, 2.24) is 14.9 Å². The molecule has 6 nitrogen and oxygen atoms in total. The number of anilines is 1. The minimum atomic E-state index is -0.426. The number of carbonyl (C=O) groups excluding carboxylic acids is 1. The van der Waals surface area contributed by atoms with Crippen molar-refractivity contribution in [3.8, 4) is 11.6 Å². The first-order valence-electron chi connectivity index (χ1n) is 10.5. The molecule has 1 unspecified atom stereocenters. The SMILES string of the molecule is CC1CN(c2cc(Oc3ccc(F)cc3Cl)ncn2)CCN1C(=O)C1CCCCC1. The number of piperazine rings is 1. The van der Waals surface area contributed by atoms with E-state index in [1.807, 2.05) is 4.90 Å². The summed E-state index contributed by atoms with van der Waals surface area (Å²) in [6, 6.07) is 5.80. The van der Waals surface area contributed by atoms with E-state index in [9.17, 15) is 9.18 Å². The van der Waals surface area contributed by atoms with Crippen molar-refractivity contribution in [3.05, 3.63) is 41.4 Å². The van der Waals surface area contributed by atoms with Gasteiger partial charge in [-0.2, -0.15) is 0 Å². The Labute approximate surface area is 181 Å². The minimum Gasteiger partial charge on any atom is -0.437 e. The first-order chi connectivity index (χ1) is 14.5. The maximum Gasteiger partial charge on any atom is 0.226 e. The first kappa shape index (κ1) is 20.8. The van der Waals surface area contributed by atoms with E-state index < -0.39 is 5.82 Å². The summed E-state index contributed by atoms with van der Waals surface area (Å²) in [6.07, 6.45) is 7.04. The first-order valence-corrected chi connectivity index (χ1v) is 10.9. The molecule has 2 heterocycles. The van der Waals surface area contributed by atoms with Gasteiger partial charge in [0.15, 0.2) is 0 Å². The zero-order valence-corrected chi connectivity index (χ0v) is 17.8. The van der Waals surface area contributed by atoms with E-state index in [1.54, 1.807) is 6.07 Å². The molecule has 2 fully saturated rings. The number of hydrogen-bond donors (Lipinski definition) is 0. The fourth-order valence-electron chi connectivity index (χ4n) is 4.31. The van der Waals surface area contributed by atoms with E-state index in [4.69, 9.17) is 16.3 Å². The molecule has 0 bridgehead atoms. The van der Waals surface area contributed by atoms with Crippen LogP contribution in [0.3, 0.4) is 0 Å². The maximum absolute atomic E-state index is 13.2. The lowest BCUT2D eigenvalue weighted by Crippen LogP contribution is -2.55. The minimum absolute atomic E-state index is 0.110. The van der Waals surface area contributed by atoms with E-state index >= 15 is 0 Å². The zero-order chi connectivity index (χ0) is 21.1. The number of hydrogen-bond acceptors (Lipinski definition) is 5. The second-order valence-electron chi connectivity index (χ2n) is 8.05. The molecule has 8 heteroatoms. The highest BCUT2D eigenvalue weighted by Gasteiger charge is 2.32. The Morgan fingerprint density at radius 2 is 1.97 bits per heavy atom. The van der Waals surface area contributed by atoms with Gasteiger partial charge in [0.05, 0.1) is 5.02 Å². The number of carbonyl (C=O) groups is 1. The third-order valence-electron chi connectivity index (χ3n) is 5.92. The van der Waals surface area contributed by atoms with E-state index in [1.165, 1.54) is 30.9 Å². The molecule has 1 saturated heterocycles. The molecular formula is C22H26ClFN4O2. The number of rotatable bonds is 4. The molecule has 0 radical (unpaired) electrons. The molecule has 0 spiro atoms. The van der Waals surface area contributed by atoms with Crippen molar-refractivity contribution in [3.63, 3.8) is 0 Å². The summed E-state index contributed by atoms with van der Waals surface area (Å²) in [6.45, 7) is 4.17. The van der Waals surface area contributed by atoms with Crippen molar-refractivity contribution in [2.24, 2.45) is 5.92 Å². The van der Waals surface area contributed by atoms with Crippen LogP contribution in [0.15, 0.2) is 30.6 Å². The molecule has 1 aromatic heterocycles. The molecular weight excluding hydrogens is 407 g/mol. The van der Waals surface area contributed by atoms with Crippen LogP contribution in [0.1, 0.15) is 39.0 Å². The van der Waals surface area contributed by atoms with Gasteiger partial charge in [0.1, 0.15) is 23.7 Å². The van der Waals surface area contributed by atoms with Crippen molar-refractivity contribution >= 4 is 23.3 Å². The van der Waals surface area contributed by atoms with Gasteiger partial charge in [0.25, 0.3) is 0 Å². The predicted molar refractivity (Wildman–Crippen MR) is 113 cm³/mol. The van der Waals surface area contributed by atoms with Gasteiger partial charge in [0.2, 0.25) is 11.8 Å². The summed E-state index contributed by atoms with van der Waals surface area (Å²) in [4.78, 5) is 25.6. The van der Waals surface area contributed by atoms with Gasteiger partial charge >= 0.3 is 0 Å². The number of amides is 1. The number of nitrogens with zero attached hydrogens (tertiary/aromatic N) is 4. The highest BCUT2D eigenvalue weighted by Crippen LogP contribution is 2.31. The van der Waals surface area contributed by atoms with E-state index in [-0.39, 0.29) is 17.0 Å². The zero-order valence-electron chi connectivity index (χ0n) is 17.1. The lowest BCUT2D eigenvalue weighted by molar-refractivity contribution is -0.139. The van der Waals surface area contributed by atoms with Gasteiger partial charge in [0, 0.05) is 37.7 Å². The molecule has 1 atom stereocenters. The summed E-state index contributed by atoms with van der Waals surface area (Å²) in [7, 11) is 0. The standard InChI is InChI=1S/C22H26ClFN4O2/c1-15-13-27(9-10-28(15)22(29)16-5-3-2-4-6-16)20-12-21(26-14-25-20)30-19-8-7-17(24)11-18(19)23/h7-8,11-12,14-16H,2-6,9-10,13H2,1H3. The Bertz CT molecular complexity index is 906. The summed E-state index contributed by atoms with van der Waals surface area (Å²) in [5.74, 6) is 1.47. The fraction of sp³-hybridized carbons (Fsp3) is 0.500. The van der Waals surface area contributed by atoms with Crippen LogP contribution in [-0.4, -0.2) is 46.5 Å². The van der Waals surface area contributed by atoms with Gasteiger partial charge in [-0.3, -0.25) is 4.79 Å². The summed E-state index contributed by atoms with van der Waals surface area (Å²) >= 11 is 6.04. The molecule has 1 aliphatic heterocycles. The Morgan fingerprint density at radius 1 is 1.17 bits per heavy atom. The Morgan fingerprint density at radius 3 is 2.70 bits per heavy atom. The van der Waals surface area contributed by atoms with Crippen LogP contribution in [0, 0.1) is 11.7 Å². The Kier molecular flexibility index (Phi) is 6.37. The van der Waals surface area contributed by atoms with Gasteiger partial charge in [-0.05, 0) is 38.0 Å². The quantitative estimate of drug-likeness (QED) is 0.702. The normalized spacial score (nSPS) is 20.3. The van der Waals surface area contributed by atoms with Gasteiger partial charge in [-0.25, -0.2) is 14.4 Å². The molecule has 2 aliphatic rings. The maximum atomic E-state index is 13.2. The second kappa shape index (κ2) is 9.16. The monoisotopic (exact) mass is 432 g/mol. The fourth-order valence-corrected chi connectivity index (χ4v) is 4.51. The molecule has 1 amide bonds. The van der Waals surface area contributed by atoms with Crippen LogP contribution in [-0.2, 0) is 4.79 Å². The van der Waals surface area contributed by atoms with Gasteiger partial charge < -0.3 is 14.5 Å². The molecule has 1 aliphatic carbocycles. The van der Waals surface area contributed by atoms with Gasteiger partial charge in [-0.15, -0.1) is 0 Å². The largest absolute Gasteiger partial charge is 0.437 e. The van der Waals surface area contributed by atoms with E-state index in [2.05, 4.69) is 21.8 Å². The molecule has 160 valence electrons. The summed E-state index contributed by atoms with van der Waals surface area (Å²) in [5.41, 5.74) is 0. The Hall–Kier alpha value is -2.41. The van der Waals surface area contributed by atoms with Crippen LogP contribution in [0.4, 0.5) is 10.2 Å². The van der Waals surface area contributed by atoms with Gasteiger partial charge in [-0.1, -0.05) is 30.9 Å². The van der Waals surface area contributed by atoms with Crippen LogP contribution >= 0.6 is 11.6 Å². The number of halogens is 2. The molecule has 0 N–H and O–H groups in total. The highest BCUT2D eigenvalue weighted by molar-refractivity contribution is 6.32. The average Bonchev–Trinajstić information content (AvgIpc) is 2.76. The smallest absolute Gasteiger partial charge is 0.226 e. The summed E-state index contributed by atoms with van der Waals surface area (Å²) in [5, 5.41) is 0.179. The third kappa shape index (κ3) is 4.67. The highest BCUT2D eigenvalue weighted by atomic mass is 35.5. The lowest BCUT2D eigenvalue weighted by Gasteiger charge is -2.42. The van der Waals surface area contributed by atoms with Crippen molar-refractivity contribution in [1.29, 1.82) is 0 Å². The number of ether oxygens (including phenoxy) is 1. The van der Waals surface area contributed by atoms with E-state index in [0.717, 1.165) is 31.5 Å². The van der Waals surface area contributed by atoms with Crippen LogP contribution in [0.2, 0.25) is 5.02 Å². The molecule has 1 aromatic carbocycles. The lowest BCUT2D eigenvalue weighted by atomic mass is 9.88. The predicted octanol–water partition coefficient (Wildman–Crippen LogP) is 4.68. The summed E-state index contributed by atoms with van der Waals surface area (Å²) < 4.78 is 19.0. The second-order valence-corrected chi connectivity index (χ2v) is 8.46. The third-order valence-corrected chi connectivity index (χ3v) is 6.22. The van der Waals surface area contributed by atoms with Crippen molar-refractivity contribution in [2.75, 3.05) is 24.5 Å². The average molecular weight is 433 g/mol. The molecule has 2 aromatic rings. The van der Waals surface area contributed by atoms with Crippen LogP contribution < -0.4 is 9.64 Å². The Balaban J connectivity index is 1.41. The number of benzene rings is 1. The molecule has 4 rings (SSSR count). The van der Waals surface area contributed by atoms with Crippen molar-refractivity contribution < 1.29 is 13.9 Å². The van der Waals surface area contributed by atoms with Crippen LogP contribution in [0.5, 0.6) is 11.6 Å². The number of aromatic nitrogens is 2. The van der Waals surface area contributed by atoms with E-state index in [0.29, 0.717) is 37.2 Å². The van der Waals surface area contributed by atoms with Crippen molar-refractivity contribution in [2.45, 2.75) is 45.1 Å². The molecule has 1 saturated carbocycles. The van der Waals surface area contributed by atoms with Crippen LogP contribution in [0.25, 0.3) is 0 Å².